The van der Waals surface area contributed by atoms with Gasteiger partial charge in [-0.25, -0.2) is 9.78 Å². The summed E-state index contributed by atoms with van der Waals surface area (Å²) in [6, 6.07) is 11.2. The summed E-state index contributed by atoms with van der Waals surface area (Å²) < 4.78 is 7.09. The van der Waals surface area contributed by atoms with Crippen molar-refractivity contribution in [1.82, 2.24) is 19.6 Å². The highest BCUT2D eigenvalue weighted by Crippen LogP contribution is 2.26. The van der Waals surface area contributed by atoms with Gasteiger partial charge in [0.15, 0.2) is 0 Å². The number of nitrogens with zero attached hydrogens (tertiary/aromatic N) is 5. The van der Waals surface area contributed by atoms with Crippen LogP contribution in [0.1, 0.15) is 12.0 Å². The van der Waals surface area contributed by atoms with Crippen molar-refractivity contribution in [3.05, 3.63) is 54.4 Å². The van der Waals surface area contributed by atoms with E-state index in [1.54, 1.807) is 18.2 Å². The Labute approximate surface area is 186 Å². The number of pyridine rings is 1. The van der Waals surface area contributed by atoms with Crippen LogP contribution in [0.3, 0.4) is 0 Å². The van der Waals surface area contributed by atoms with Gasteiger partial charge in [0.05, 0.1) is 19.9 Å². The Morgan fingerprint density at radius 3 is 2.59 bits per heavy atom. The summed E-state index contributed by atoms with van der Waals surface area (Å²) in [6.07, 6.45) is 3.93. The average molecular weight is 435 g/mol. The molecule has 2 aliphatic rings. The molecule has 2 aromatic heterocycles. The van der Waals surface area contributed by atoms with Crippen molar-refractivity contribution in [2.75, 3.05) is 49.6 Å². The molecule has 0 bridgehead atoms. The smallest absolute Gasteiger partial charge is 0.332 e. The molecule has 166 valence electrons. The molecule has 0 radical (unpaired) electrons. The second kappa shape index (κ2) is 8.51. The molecule has 0 unspecified atom stereocenters. The summed E-state index contributed by atoms with van der Waals surface area (Å²) in [6.45, 7) is 4.40. The van der Waals surface area contributed by atoms with Crippen LogP contribution in [-0.4, -0.2) is 66.1 Å². The molecule has 3 aromatic rings. The number of rotatable bonds is 5. The van der Waals surface area contributed by atoms with Gasteiger partial charge in [-0.2, -0.15) is 0 Å². The fourth-order valence-corrected chi connectivity index (χ4v) is 4.25. The lowest BCUT2D eigenvalue weighted by atomic mass is 10.2. The summed E-state index contributed by atoms with van der Waals surface area (Å²) in [5.41, 5.74) is 2.77. The lowest BCUT2D eigenvalue weighted by Crippen LogP contribution is -2.52. The highest BCUT2D eigenvalue weighted by Gasteiger charge is 2.34. The molecule has 5 rings (SSSR count). The predicted molar refractivity (Wildman–Crippen MR) is 121 cm³/mol. The number of hydrogen-bond acceptors (Lipinski definition) is 6. The van der Waals surface area contributed by atoms with Gasteiger partial charge in [0.1, 0.15) is 17.2 Å². The molecular formula is C23H26N6O3. The lowest BCUT2D eigenvalue weighted by molar-refractivity contribution is -0.129. The maximum Gasteiger partial charge on any atom is 0.332 e. The van der Waals surface area contributed by atoms with E-state index in [1.165, 1.54) is 4.90 Å². The van der Waals surface area contributed by atoms with Crippen LogP contribution in [0.4, 0.5) is 16.3 Å². The van der Waals surface area contributed by atoms with E-state index in [4.69, 9.17) is 4.74 Å². The van der Waals surface area contributed by atoms with Gasteiger partial charge in [0.25, 0.3) is 0 Å². The third-order valence-corrected chi connectivity index (χ3v) is 6.05. The molecule has 1 aromatic carbocycles. The van der Waals surface area contributed by atoms with E-state index in [9.17, 15) is 9.59 Å². The fourth-order valence-electron chi connectivity index (χ4n) is 4.25. The zero-order chi connectivity index (χ0) is 22.1. The van der Waals surface area contributed by atoms with Crippen LogP contribution in [0.15, 0.2) is 48.8 Å². The van der Waals surface area contributed by atoms with Gasteiger partial charge in [-0.15, -0.1) is 0 Å². The number of aromatic nitrogens is 2. The molecule has 2 saturated heterocycles. The third-order valence-electron chi connectivity index (χ3n) is 6.05. The molecule has 0 atom stereocenters. The Morgan fingerprint density at radius 1 is 1.06 bits per heavy atom. The first-order chi connectivity index (χ1) is 15.6. The molecule has 9 heteroatoms. The van der Waals surface area contributed by atoms with Gasteiger partial charge in [-0.3, -0.25) is 19.0 Å². The molecule has 4 heterocycles. The van der Waals surface area contributed by atoms with Gasteiger partial charge < -0.3 is 15.0 Å². The van der Waals surface area contributed by atoms with E-state index in [0.717, 1.165) is 48.8 Å². The number of imide groups is 1. The number of methoxy groups -OCH3 is 1. The zero-order valence-electron chi connectivity index (χ0n) is 18.0. The number of hydrogen-bond donors (Lipinski definition) is 1. The molecule has 9 nitrogen and oxygen atoms in total. The number of benzene rings is 1. The summed E-state index contributed by atoms with van der Waals surface area (Å²) in [7, 11) is 1.60. The van der Waals surface area contributed by atoms with Crippen molar-refractivity contribution in [3.8, 4) is 5.75 Å². The number of urea groups is 1. The second-order valence-electron chi connectivity index (χ2n) is 7.98. The third kappa shape index (κ3) is 3.75. The molecule has 0 aliphatic carbocycles. The number of carbonyl (C=O) groups is 2. The van der Waals surface area contributed by atoms with Gasteiger partial charge in [-0.05, 0) is 23.8 Å². The van der Waals surface area contributed by atoms with Crippen molar-refractivity contribution >= 4 is 29.1 Å². The number of fused-ring (bicyclic) bond motifs is 1. The van der Waals surface area contributed by atoms with Crippen molar-refractivity contribution in [2.45, 2.75) is 13.0 Å². The zero-order valence-corrected chi connectivity index (χ0v) is 18.0. The van der Waals surface area contributed by atoms with Crippen LogP contribution < -0.4 is 19.9 Å². The molecule has 3 amide bonds. The van der Waals surface area contributed by atoms with Gasteiger partial charge in [0, 0.05) is 57.1 Å². The van der Waals surface area contributed by atoms with Crippen molar-refractivity contribution < 1.29 is 14.3 Å². The SMILES string of the molecule is COc1ccc(CN2C(=O)CCN(c3cnc4cc(N5CCNCC5)ccn34)C2=O)cc1. The monoisotopic (exact) mass is 434 g/mol. The molecule has 0 saturated carbocycles. The summed E-state index contributed by atoms with van der Waals surface area (Å²) in [4.78, 5) is 35.6. The van der Waals surface area contributed by atoms with Crippen LogP contribution >= 0.6 is 0 Å². The molecule has 32 heavy (non-hydrogen) atoms. The standard InChI is InChI=1S/C23H26N6O3/c1-32-19-4-2-17(3-5-19)16-29-22(30)7-11-28(23(29)31)21-15-25-20-14-18(6-10-27(20)21)26-12-8-24-9-13-26/h2-6,10,14-15,24H,7-9,11-13,16H2,1H3. The van der Waals surface area contributed by atoms with Crippen LogP contribution in [0.5, 0.6) is 5.75 Å². The van der Waals surface area contributed by atoms with E-state index < -0.39 is 0 Å². The minimum Gasteiger partial charge on any atom is -0.497 e. The number of imidazole rings is 1. The summed E-state index contributed by atoms with van der Waals surface area (Å²) in [5, 5.41) is 3.36. The van der Waals surface area contributed by atoms with Crippen LogP contribution in [0.2, 0.25) is 0 Å². The molecular weight excluding hydrogens is 408 g/mol. The molecule has 1 N–H and O–H groups in total. The second-order valence-corrected chi connectivity index (χ2v) is 7.98. The largest absolute Gasteiger partial charge is 0.497 e. The minimum absolute atomic E-state index is 0.170. The van der Waals surface area contributed by atoms with Crippen LogP contribution in [-0.2, 0) is 11.3 Å². The maximum absolute atomic E-state index is 13.3. The van der Waals surface area contributed by atoms with Gasteiger partial charge >= 0.3 is 6.03 Å². The molecule has 0 spiro atoms. The Bertz CT molecular complexity index is 1140. The van der Waals surface area contributed by atoms with Crippen molar-refractivity contribution in [3.63, 3.8) is 0 Å². The van der Waals surface area contributed by atoms with Crippen molar-refractivity contribution in [1.29, 1.82) is 0 Å². The molecule has 2 aliphatic heterocycles. The normalized spacial score (nSPS) is 17.3. The number of piperazine rings is 1. The van der Waals surface area contributed by atoms with E-state index in [0.29, 0.717) is 12.4 Å². The van der Waals surface area contributed by atoms with Crippen molar-refractivity contribution in [2.24, 2.45) is 0 Å². The molecule has 2 fully saturated rings. The van der Waals surface area contributed by atoms with E-state index in [2.05, 4.69) is 21.3 Å². The fraction of sp³-hybridized carbons (Fsp3) is 0.348. The summed E-state index contributed by atoms with van der Waals surface area (Å²) in [5.74, 6) is 1.23. The first-order valence-electron chi connectivity index (χ1n) is 10.8. The number of carbonyl (C=O) groups excluding carboxylic acids is 2. The highest BCUT2D eigenvalue weighted by atomic mass is 16.5. The number of ether oxygens (including phenoxy) is 1. The summed E-state index contributed by atoms with van der Waals surface area (Å²) >= 11 is 0. The van der Waals surface area contributed by atoms with Gasteiger partial charge in [-0.1, -0.05) is 12.1 Å². The Morgan fingerprint density at radius 2 is 1.84 bits per heavy atom. The van der Waals surface area contributed by atoms with E-state index in [1.807, 2.05) is 40.9 Å². The minimum atomic E-state index is -0.329. The average Bonchev–Trinajstić information content (AvgIpc) is 3.26. The lowest BCUT2D eigenvalue weighted by Gasteiger charge is -2.33. The Kier molecular flexibility index (Phi) is 5.40. The van der Waals surface area contributed by atoms with Crippen LogP contribution in [0, 0.1) is 0 Å². The van der Waals surface area contributed by atoms with Crippen LogP contribution in [0.25, 0.3) is 5.65 Å². The van der Waals surface area contributed by atoms with Gasteiger partial charge in [0.2, 0.25) is 5.91 Å². The predicted octanol–water partition coefficient (Wildman–Crippen LogP) is 2.11. The first-order valence-corrected chi connectivity index (χ1v) is 10.8. The quantitative estimate of drug-likeness (QED) is 0.662. The number of anilines is 2. The number of nitrogens with one attached hydrogen (secondary N) is 1. The topological polar surface area (TPSA) is 82.4 Å². The Balaban J connectivity index is 1.38. The maximum atomic E-state index is 13.3. The Hall–Kier alpha value is -3.59. The van der Waals surface area contributed by atoms with E-state index in [-0.39, 0.29) is 24.9 Å². The number of amides is 3. The first kappa shape index (κ1) is 20.3. The van der Waals surface area contributed by atoms with E-state index >= 15 is 0 Å². The highest BCUT2D eigenvalue weighted by molar-refractivity contribution is 6.05.